The number of rotatable bonds is 8. The van der Waals surface area contributed by atoms with E-state index in [-0.39, 0.29) is 34.9 Å². The smallest absolute Gasteiger partial charge is 0.351 e. The van der Waals surface area contributed by atoms with Crippen LogP contribution in [0, 0.1) is 0 Å². The summed E-state index contributed by atoms with van der Waals surface area (Å²) in [5, 5.41) is 2.71. The Morgan fingerprint density at radius 1 is 1.14 bits per heavy atom. The van der Waals surface area contributed by atoms with E-state index in [4.69, 9.17) is 11.6 Å². The monoisotopic (exact) mass is 624 g/mol. The number of nitrogens with one attached hydrogen (secondary N) is 1. The quantitative estimate of drug-likeness (QED) is 0.265. The third-order valence-electron chi connectivity index (χ3n) is 7.16. The minimum Gasteiger partial charge on any atom is -0.351 e. The van der Waals surface area contributed by atoms with E-state index in [1.807, 2.05) is 0 Å². The Morgan fingerprint density at radius 3 is 2.40 bits per heavy atom. The lowest BCUT2D eigenvalue weighted by Gasteiger charge is -2.39. The number of amides is 3. The van der Waals surface area contributed by atoms with Crippen LogP contribution in [0.15, 0.2) is 65.9 Å². The predicted octanol–water partition coefficient (Wildman–Crippen LogP) is 6.60. The molecule has 1 saturated carbocycles. The number of carbonyl (C=O) groups excluding carboxylic acids is 3. The first-order valence-electron chi connectivity index (χ1n) is 13.6. The average Bonchev–Trinajstić information content (AvgIpc) is 3.30. The van der Waals surface area contributed by atoms with Crippen molar-refractivity contribution in [1.82, 2.24) is 15.2 Å². The van der Waals surface area contributed by atoms with Gasteiger partial charge in [0.15, 0.2) is 0 Å². The second-order valence-electron chi connectivity index (χ2n) is 10.7. The van der Waals surface area contributed by atoms with E-state index < -0.39 is 66.5 Å². The van der Waals surface area contributed by atoms with Crippen molar-refractivity contribution in [3.8, 4) is 0 Å². The maximum absolute atomic E-state index is 14.5. The summed E-state index contributed by atoms with van der Waals surface area (Å²) in [6.07, 6.45) is -2.98. The Kier molecular flexibility index (Phi) is 9.29. The molecule has 1 saturated heterocycles. The van der Waals surface area contributed by atoms with Crippen molar-refractivity contribution in [2.24, 2.45) is 0 Å². The van der Waals surface area contributed by atoms with Crippen LogP contribution in [0.5, 0.6) is 0 Å². The fourth-order valence-corrected chi connectivity index (χ4v) is 5.45. The highest BCUT2D eigenvalue weighted by Crippen LogP contribution is 2.40. The Bertz CT molecular complexity index is 1460. The molecule has 0 radical (unpaired) electrons. The SMILES string of the molecule is CC=C(C=C(C)C)N(C(=O)C1CCC(=O)N1c1cccc(C(F)(F)F)n1)C(C(=O)NC1CC(F)(F)C1)c1ccccc1Cl. The molecule has 1 aromatic heterocycles. The molecule has 230 valence electrons. The van der Waals surface area contributed by atoms with Crippen LogP contribution in [0.2, 0.25) is 5.02 Å². The number of hydrogen-bond acceptors (Lipinski definition) is 4. The summed E-state index contributed by atoms with van der Waals surface area (Å²) >= 11 is 6.51. The summed E-state index contributed by atoms with van der Waals surface area (Å²) in [5.74, 6) is -5.47. The lowest BCUT2D eigenvalue weighted by molar-refractivity contribution is -0.143. The van der Waals surface area contributed by atoms with Crippen molar-refractivity contribution in [3.63, 3.8) is 0 Å². The van der Waals surface area contributed by atoms with Crippen LogP contribution in [-0.4, -0.2) is 45.6 Å². The second kappa shape index (κ2) is 12.4. The molecule has 2 heterocycles. The third kappa shape index (κ3) is 7.06. The second-order valence-corrected chi connectivity index (χ2v) is 11.1. The van der Waals surface area contributed by atoms with Crippen LogP contribution >= 0.6 is 11.6 Å². The van der Waals surface area contributed by atoms with Gasteiger partial charge in [-0.25, -0.2) is 13.8 Å². The minimum atomic E-state index is -4.79. The molecular weight excluding hydrogens is 595 g/mol. The van der Waals surface area contributed by atoms with E-state index in [9.17, 15) is 36.3 Å². The first-order valence-corrected chi connectivity index (χ1v) is 13.9. The van der Waals surface area contributed by atoms with E-state index in [0.29, 0.717) is 0 Å². The lowest BCUT2D eigenvalue weighted by Crippen LogP contribution is -2.55. The number of carbonyl (C=O) groups is 3. The van der Waals surface area contributed by atoms with Gasteiger partial charge >= 0.3 is 6.18 Å². The minimum absolute atomic E-state index is 0.0659. The molecule has 2 atom stereocenters. The highest BCUT2D eigenvalue weighted by Gasteiger charge is 2.49. The maximum atomic E-state index is 14.5. The van der Waals surface area contributed by atoms with Gasteiger partial charge < -0.3 is 5.32 Å². The number of anilines is 1. The zero-order chi connectivity index (χ0) is 31.7. The van der Waals surface area contributed by atoms with Crippen LogP contribution in [0.25, 0.3) is 0 Å². The fourth-order valence-electron chi connectivity index (χ4n) is 5.21. The van der Waals surface area contributed by atoms with Crippen molar-refractivity contribution in [3.05, 3.63) is 82.2 Å². The Labute approximate surface area is 250 Å². The molecule has 7 nitrogen and oxygen atoms in total. The first-order chi connectivity index (χ1) is 20.1. The van der Waals surface area contributed by atoms with Gasteiger partial charge in [0.05, 0.1) is 0 Å². The number of benzene rings is 1. The first kappa shape index (κ1) is 32.1. The Morgan fingerprint density at radius 2 is 1.81 bits per heavy atom. The number of aromatic nitrogens is 1. The predicted molar refractivity (Wildman–Crippen MR) is 150 cm³/mol. The van der Waals surface area contributed by atoms with Gasteiger partial charge in [0.2, 0.25) is 11.8 Å². The van der Waals surface area contributed by atoms with E-state index in [2.05, 4.69) is 10.3 Å². The van der Waals surface area contributed by atoms with Crippen LogP contribution in [0.3, 0.4) is 0 Å². The summed E-state index contributed by atoms with van der Waals surface area (Å²) in [7, 11) is 0. The van der Waals surface area contributed by atoms with Gasteiger partial charge in [-0.2, -0.15) is 13.2 Å². The molecule has 2 unspecified atom stereocenters. The van der Waals surface area contributed by atoms with Gasteiger partial charge in [-0.15, -0.1) is 0 Å². The van der Waals surface area contributed by atoms with E-state index in [1.54, 1.807) is 45.1 Å². The molecule has 43 heavy (non-hydrogen) atoms. The largest absolute Gasteiger partial charge is 0.433 e. The highest BCUT2D eigenvalue weighted by atomic mass is 35.5. The molecule has 2 aromatic rings. The van der Waals surface area contributed by atoms with Gasteiger partial charge in [0, 0.05) is 41.6 Å². The number of pyridine rings is 1. The number of allylic oxidation sites excluding steroid dienone is 3. The van der Waals surface area contributed by atoms with Crippen molar-refractivity contribution < 1.29 is 36.3 Å². The summed E-state index contributed by atoms with van der Waals surface area (Å²) in [4.78, 5) is 47.0. The van der Waals surface area contributed by atoms with Gasteiger partial charge in [0.25, 0.3) is 11.8 Å². The molecule has 4 rings (SSSR count). The fraction of sp³-hybridized carbons (Fsp3) is 0.400. The van der Waals surface area contributed by atoms with Crippen molar-refractivity contribution in [2.75, 3.05) is 4.90 Å². The molecule has 1 aliphatic heterocycles. The highest BCUT2D eigenvalue weighted by molar-refractivity contribution is 6.31. The van der Waals surface area contributed by atoms with Crippen molar-refractivity contribution >= 4 is 35.1 Å². The molecule has 0 bridgehead atoms. The molecule has 2 fully saturated rings. The summed E-state index contributed by atoms with van der Waals surface area (Å²) < 4.78 is 67.6. The van der Waals surface area contributed by atoms with Gasteiger partial charge in [-0.05, 0) is 51.5 Å². The summed E-state index contributed by atoms with van der Waals surface area (Å²) in [6, 6.07) is 5.63. The molecule has 1 aliphatic carbocycles. The molecule has 13 heteroatoms. The van der Waals surface area contributed by atoms with Crippen molar-refractivity contribution in [1.29, 1.82) is 0 Å². The molecule has 1 N–H and O–H groups in total. The zero-order valence-electron chi connectivity index (χ0n) is 23.6. The van der Waals surface area contributed by atoms with Crippen molar-refractivity contribution in [2.45, 2.75) is 76.7 Å². The molecule has 1 aromatic carbocycles. The summed E-state index contributed by atoms with van der Waals surface area (Å²) in [5.41, 5.74) is -0.0743. The zero-order valence-corrected chi connectivity index (χ0v) is 24.3. The van der Waals surface area contributed by atoms with Crippen LogP contribution in [-0.2, 0) is 20.6 Å². The van der Waals surface area contributed by atoms with Crippen LogP contribution < -0.4 is 10.2 Å². The van der Waals surface area contributed by atoms with Crippen LogP contribution in [0.1, 0.15) is 63.8 Å². The van der Waals surface area contributed by atoms with Gasteiger partial charge in [-0.1, -0.05) is 47.5 Å². The maximum Gasteiger partial charge on any atom is 0.433 e. The van der Waals surface area contributed by atoms with Crippen LogP contribution in [0.4, 0.5) is 27.8 Å². The number of nitrogens with zero attached hydrogens (tertiary/aromatic N) is 3. The van der Waals surface area contributed by atoms with Gasteiger partial charge in [-0.3, -0.25) is 24.2 Å². The normalized spacial score (nSPS) is 19.5. The van der Waals surface area contributed by atoms with E-state index >= 15 is 0 Å². The van der Waals surface area contributed by atoms with E-state index in [1.165, 1.54) is 18.2 Å². The number of halogens is 6. The average molecular weight is 625 g/mol. The Hall–Kier alpha value is -3.80. The third-order valence-corrected chi connectivity index (χ3v) is 7.50. The topological polar surface area (TPSA) is 82.6 Å². The number of alkyl halides is 5. The molecular formula is C30H30ClF5N4O3. The molecule has 0 spiro atoms. The van der Waals surface area contributed by atoms with E-state index in [0.717, 1.165) is 27.5 Å². The van der Waals surface area contributed by atoms with Gasteiger partial charge in [0.1, 0.15) is 23.6 Å². The molecule has 2 aliphatic rings. The lowest BCUT2D eigenvalue weighted by atomic mass is 9.87. The molecule has 3 amide bonds. The summed E-state index contributed by atoms with van der Waals surface area (Å²) in [6.45, 7) is 5.13. The Balaban J connectivity index is 1.83. The standard InChI is InChI=1S/C30H30ClF5N4O3/c1-4-19(14-17(2)3)39(26(20-8-5-6-9-21(20)31)27(42)37-18-15-29(32,33)16-18)28(43)22-12-13-25(41)40(22)24-11-7-10-23(38-24)30(34,35)36/h4-11,14,18,22,26H,12-13,15-16H2,1-3H3,(H,37,42). The number of hydrogen-bond donors (Lipinski definition) is 1.